The molecule has 0 fully saturated rings. The molecule has 0 saturated carbocycles. The van der Waals surface area contributed by atoms with E-state index in [4.69, 9.17) is 11.6 Å². The fraction of sp³-hybridized carbons (Fsp3) is 0.571. The molecule has 0 aliphatic rings. The molecule has 0 saturated heterocycles. The third-order valence-electron chi connectivity index (χ3n) is 3.12. The number of hydrogen-bond donors (Lipinski definition) is 1. The summed E-state index contributed by atoms with van der Waals surface area (Å²) in [5.41, 5.74) is 0. The lowest BCUT2D eigenvalue weighted by Crippen LogP contribution is -2.39. The summed E-state index contributed by atoms with van der Waals surface area (Å²) in [4.78, 5) is 0.825. The zero-order chi connectivity index (χ0) is 13.5. The van der Waals surface area contributed by atoms with Crippen LogP contribution in [0.4, 0.5) is 0 Å². The molecule has 1 aromatic carbocycles. The van der Waals surface area contributed by atoms with Crippen LogP contribution in [0, 0.1) is 0 Å². The Kier molecular flexibility index (Phi) is 6.90. The molecule has 2 nitrogen and oxygen atoms in total. The lowest BCUT2D eigenvalue weighted by atomic mass is 10.1. The van der Waals surface area contributed by atoms with Gasteiger partial charge in [0.05, 0.1) is 16.0 Å². The third-order valence-corrected chi connectivity index (χ3v) is 5.29. The summed E-state index contributed by atoms with van der Waals surface area (Å²) in [5.74, 6) is 0. The number of rotatable bonds is 7. The fourth-order valence-electron chi connectivity index (χ4n) is 2.18. The van der Waals surface area contributed by atoms with Crippen LogP contribution < -0.4 is 5.32 Å². The highest BCUT2D eigenvalue weighted by Crippen LogP contribution is 2.21. The zero-order valence-corrected chi connectivity index (χ0v) is 12.9. The van der Waals surface area contributed by atoms with Crippen LogP contribution in [0.15, 0.2) is 29.2 Å². The van der Waals surface area contributed by atoms with E-state index in [9.17, 15) is 4.21 Å². The fourth-order valence-corrected chi connectivity index (χ4v) is 4.11. The highest BCUT2D eigenvalue weighted by atomic mass is 35.5. The molecular weight excluding hydrogens is 266 g/mol. The van der Waals surface area contributed by atoms with Gasteiger partial charge >= 0.3 is 0 Å². The van der Waals surface area contributed by atoms with Gasteiger partial charge in [0.2, 0.25) is 0 Å². The van der Waals surface area contributed by atoms with Gasteiger partial charge in [0.25, 0.3) is 0 Å². The Balaban J connectivity index is 2.90. The Labute approximate surface area is 118 Å². The van der Waals surface area contributed by atoms with Gasteiger partial charge < -0.3 is 5.32 Å². The summed E-state index contributed by atoms with van der Waals surface area (Å²) in [6.07, 6.45) is 3.03. The summed E-state index contributed by atoms with van der Waals surface area (Å²) >= 11 is 5.96. The van der Waals surface area contributed by atoms with Crippen molar-refractivity contribution in [1.82, 2.24) is 5.32 Å². The molecule has 0 spiro atoms. The number of nitrogens with one attached hydrogen (secondary N) is 1. The monoisotopic (exact) mass is 287 g/mol. The first-order chi connectivity index (χ1) is 8.63. The summed E-state index contributed by atoms with van der Waals surface area (Å²) < 4.78 is 12.6. The van der Waals surface area contributed by atoms with Crippen molar-refractivity contribution in [1.29, 1.82) is 0 Å². The molecule has 18 heavy (non-hydrogen) atoms. The zero-order valence-electron chi connectivity index (χ0n) is 11.3. The molecule has 1 rings (SSSR count). The molecule has 102 valence electrons. The Hall–Kier alpha value is -0.380. The molecule has 0 bridgehead atoms. The maximum atomic E-state index is 12.6. The summed E-state index contributed by atoms with van der Waals surface area (Å²) in [6.45, 7) is 4.24. The predicted molar refractivity (Wildman–Crippen MR) is 79.7 cm³/mol. The van der Waals surface area contributed by atoms with E-state index in [1.807, 2.05) is 25.2 Å². The van der Waals surface area contributed by atoms with E-state index in [0.29, 0.717) is 11.1 Å². The third kappa shape index (κ3) is 4.08. The molecule has 1 N–H and O–H groups in total. The Morgan fingerprint density at radius 3 is 2.61 bits per heavy atom. The molecular formula is C14H22ClNOS. The van der Waals surface area contributed by atoms with Crippen molar-refractivity contribution in [2.45, 2.75) is 49.3 Å². The van der Waals surface area contributed by atoms with Crippen molar-refractivity contribution in [3.63, 3.8) is 0 Å². The van der Waals surface area contributed by atoms with Crippen LogP contribution in [0.2, 0.25) is 5.02 Å². The van der Waals surface area contributed by atoms with E-state index >= 15 is 0 Å². The molecule has 0 aliphatic heterocycles. The quantitative estimate of drug-likeness (QED) is 0.830. The SMILES string of the molecule is CCCC(NC)C(CC)S(=O)c1cccc(Cl)c1. The predicted octanol–water partition coefficient (Wildman–Crippen LogP) is 3.61. The van der Waals surface area contributed by atoms with Crippen LogP contribution in [-0.2, 0) is 10.8 Å². The minimum absolute atomic E-state index is 0.133. The molecule has 0 aromatic heterocycles. The second-order valence-corrected chi connectivity index (χ2v) is 6.49. The van der Waals surface area contributed by atoms with Gasteiger partial charge in [-0.1, -0.05) is 37.9 Å². The highest BCUT2D eigenvalue weighted by molar-refractivity contribution is 7.85. The van der Waals surface area contributed by atoms with Gasteiger partial charge in [0.15, 0.2) is 0 Å². The largest absolute Gasteiger partial charge is 0.316 e. The Morgan fingerprint density at radius 1 is 1.39 bits per heavy atom. The Morgan fingerprint density at radius 2 is 2.11 bits per heavy atom. The van der Waals surface area contributed by atoms with E-state index in [1.54, 1.807) is 6.07 Å². The summed E-state index contributed by atoms with van der Waals surface area (Å²) in [7, 11) is 0.933. The van der Waals surface area contributed by atoms with Crippen LogP contribution in [0.1, 0.15) is 33.1 Å². The summed E-state index contributed by atoms with van der Waals surface area (Å²) in [5, 5.41) is 4.07. The highest BCUT2D eigenvalue weighted by Gasteiger charge is 2.24. The minimum atomic E-state index is -1.01. The van der Waals surface area contributed by atoms with E-state index in [0.717, 1.165) is 24.2 Å². The van der Waals surface area contributed by atoms with Crippen LogP contribution in [-0.4, -0.2) is 22.5 Å². The smallest absolute Gasteiger partial charge is 0.0577 e. The van der Waals surface area contributed by atoms with Gasteiger partial charge in [0.1, 0.15) is 0 Å². The second-order valence-electron chi connectivity index (χ2n) is 4.39. The minimum Gasteiger partial charge on any atom is -0.316 e. The van der Waals surface area contributed by atoms with E-state index in [-0.39, 0.29) is 5.25 Å². The van der Waals surface area contributed by atoms with Gasteiger partial charge in [-0.15, -0.1) is 0 Å². The van der Waals surface area contributed by atoms with Crippen molar-refractivity contribution in [3.8, 4) is 0 Å². The maximum absolute atomic E-state index is 12.6. The van der Waals surface area contributed by atoms with Crippen LogP contribution >= 0.6 is 11.6 Å². The molecule has 3 atom stereocenters. The molecule has 0 aliphatic carbocycles. The number of halogens is 1. The van der Waals surface area contributed by atoms with E-state index < -0.39 is 10.8 Å². The topological polar surface area (TPSA) is 29.1 Å². The average molecular weight is 288 g/mol. The van der Waals surface area contributed by atoms with Gasteiger partial charge in [-0.25, -0.2) is 0 Å². The first-order valence-corrected chi connectivity index (χ1v) is 8.06. The molecule has 4 heteroatoms. The molecule has 1 aromatic rings. The number of hydrogen-bond acceptors (Lipinski definition) is 2. The lowest BCUT2D eigenvalue weighted by Gasteiger charge is -2.25. The normalized spacial score (nSPS) is 16.2. The van der Waals surface area contributed by atoms with Crippen molar-refractivity contribution in [2.75, 3.05) is 7.05 Å². The molecule has 0 heterocycles. The number of benzene rings is 1. The van der Waals surface area contributed by atoms with Crippen LogP contribution in [0.25, 0.3) is 0 Å². The van der Waals surface area contributed by atoms with Crippen LogP contribution in [0.3, 0.4) is 0 Å². The average Bonchev–Trinajstić information content (AvgIpc) is 2.38. The van der Waals surface area contributed by atoms with Gasteiger partial charge in [0, 0.05) is 16.0 Å². The van der Waals surface area contributed by atoms with Crippen molar-refractivity contribution < 1.29 is 4.21 Å². The van der Waals surface area contributed by atoms with Crippen molar-refractivity contribution in [2.24, 2.45) is 0 Å². The molecule has 0 radical (unpaired) electrons. The second kappa shape index (κ2) is 7.93. The van der Waals surface area contributed by atoms with Gasteiger partial charge in [-0.2, -0.15) is 0 Å². The van der Waals surface area contributed by atoms with Crippen molar-refractivity contribution >= 4 is 22.4 Å². The first kappa shape index (κ1) is 15.7. The van der Waals surface area contributed by atoms with Crippen molar-refractivity contribution in [3.05, 3.63) is 29.3 Å². The van der Waals surface area contributed by atoms with E-state index in [2.05, 4.69) is 19.2 Å². The summed E-state index contributed by atoms with van der Waals surface area (Å²) in [6, 6.07) is 7.66. The van der Waals surface area contributed by atoms with E-state index in [1.165, 1.54) is 0 Å². The lowest BCUT2D eigenvalue weighted by molar-refractivity contribution is 0.481. The van der Waals surface area contributed by atoms with Gasteiger partial charge in [-0.05, 0) is 38.1 Å². The molecule has 3 unspecified atom stereocenters. The molecule has 0 amide bonds. The maximum Gasteiger partial charge on any atom is 0.0577 e. The first-order valence-electron chi connectivity index (χ1n) is 6.47. The van der Waals surface area contributed by atoms with Gasteiger partial charge in [-0.3, -0.25) is 4.21 Å². The Bertz CT molecular complexity index is 397. The van der Waals surface area contributed by atoms with Crippen LogP contribution in [0.5, 0.6) is 0 Å². The standard InChI is InChI=1S/C14H22ClNOS/c1-4-7-13(16-3)14(5-2)18(17)12-9-6-8-11(15)10-12/h6,8-10,13-14,16H,4-5,7H2,1-3H3.